The first-order valence-electron chi connectivity index (χ1n) is 6.76. The third kappa shape index (κ3) is 3.12. The molecule has 0 saturated heterocycles. The van der Waals surface area contributed by atoms with E-state index in [2.05, 4.69) is 59.0 Å². The quantitative estimate of drug-likeness (QED) is 0.755. The Hall–Kier alpha value is -1.31. The van der Waals surface area contributed by atoms with Crippen LogP contribution in [0, 0.1) is 0 Å². The van der Waals surface area contributed by atoms with Crippen LogP contribution in [0.1, 0.15) is 76.0 Å². The van der Waals surface area contributed by atoms with Crippen LogP contribution >= 0.6 is 0 Å². The van der Waals surface area contributed by atoms with Crippen molar-refractivity contribution in [2.75, 3.05) is 5.32 Å². The molecule has 2 heteroatoms. The average molecular weight is 247 g/mol. The lowest BCUT2D eigenvalue weighted by Crippen LogP contribution is -2.07. The monoisotopic (exact) mass is 247 g/mol. The third-order valence-electron chi connectivity index (χ3n) is 3.34. The molecule has 2 nitrogen and oxygen atoms in total. The molecule has 0 fully saturated rings. The average Bonchev–Trinajstić information content (AvgIpc) is 2.28. The number of amides is 1. The van der Waals surface area contributed by atoms with Gasteiger partial charge in [-0.3, -0.25) is 4.79 Å². The highest BCUT2D eigenvalue weighted by molar-refractivity contribution is 5.77. The molecule has 0 spiro atoms. The molecular weight excluding hydrogens is 222 g/mol. The molecule has 0 aliphatic heterocycles. The summed E-state index contributed by atoms with van der Waals surface area (Å²) in [6.45, 7) is 13.1. The molecule has 0 unspecified atom stereocenters. The van der Waals surface area contributed by atoms with Gasteiger partial charge in [-0.05, 0) is 34.4 Å². The molecule has 0 saturated carbocycles. The smallest absolute Gasteiger partial charge is 0.211 e. The molecule has 0 atom stereocenters. The minimum absolute atomic E-state index is 0.406. The van der Waals surface area contributed by atoms with E-state index < -0.39 is 0 Å². The van der Waals surface area contributed by atoms with Gasteiger partial charge in [0.2, 0.25) is 6.41 Å². The van der Waals surface area contributed by atoms with Crippen molar-refractivity contribution < 1.29 is 4.79 Å². The molecule has 0 aromatic heterocycles. The van der Waals surface area contributed by atoms with E-state index in [0.717, 1.165) is 12.1 Å². The minimum Gasteiger partial charge on any atom is -0.328 e. The zero-order valence-corrected chi connectivity index (χ0v) is 12.4. The Labute approximate surface area is 111 Å². The molecule has 1 rings (SSSR count). The number of hydrogen-bond acceptors (Lipinski definition) is 1. The number of rotatable bonds is 5. The number of benzene rings is 1. The van der Waals surface area contributed by atoms with E-state index in [1.165, 1.54) is 16.7 Å². The summed E-state index contributed by atoms with van der Waals surface area (Å²) in [5.74, 6) is 1.32. The van der Waals surface area contributed by atoms with Crippen molar-refractivity contribution in [1.82, 2.24) is 0 Å². The fraction of sp³-hybridized carbons (Fsp3) is 0.562. The minimum atomic E-state index is 0.406. The lowest BCUT2D eigenvalue weighted by Gasteiger charge is -2.22. The summed E-state index contributed by atoms with van der Waals surface area (Å²) in [7, 11) is 0. The predicted molar refractivity (Wildman–Crippen MR) is 78.4 cm³/mol. The summed E-state index contributed by atoms with van der Waals surface area (Å²) in [5.41, 5.74) is 4.81. The van der Waals surface area contributed by atoms with Crippen molar-refractivity contribution in [1.29, 1.82) is 0 Å². The lowest BCUT2D eigenvalue weighted by atomic mass is 9.87. The molecule has 1 N–H and O–H groups in total. The van der Waals surface area contributed by atoms with Gasteiger partial charge in [0.25, 0.3) is 0 Å². The van der Waals surface area contributed by atoms with Gasteiger partial charge in [-0.25, -0.2) is 0 Å². The van der Waals surface area contributed by atoms with Gasteiger partial charge >= 0.3 is 0 Å². The fourth-order valence-corrected chi connectivity index (χ4v) is 2.18. The van der Waals surface area contributed by atoms with Crippen molar-refractivity contribution in [3.8, 4) is 0 Å². The van der Waals surface area contributed by atoms with Gasteiger partial charge in [-0.2, -0.15) is 0 Å². The number of anilines is 1. The van der Waals surface area contributed by atoms with Gasteiger partial charge in [0, 0.05) is 5.69 Å². The number of hydrogen-bond donors (Lipinski definition) is 1. The molecule has 0 bridgehead atoms. The molecule has 100 valence electrons. The van der Waals surface area contributed by atoms with Crippen LogP contribution in [0.15, 0.2) is 12.1 Å². The Morgan fingerprint density at radius 2 is 1.33 bits per heavy atom. The maximum Gasteiger partial charge on any atom is 0.211 e. The van der Waals surface area contributed by atoms with E-state index in [4.69, 9.17) is 0 Å². The van der Waals surface area contributed by atoms with Gasteiger partial charge < -0.3 is 5.32 Å². The molecular formula is C16H25NO. The van der Waals surface area contributed by atoms with E-state index in [9.17, 15) is 4.79 Å². The Morgan fingerprint density at radius 3 is 1.61 bits per heavy atom. The van der Waals surface area contributed by atoms with Crippen molar-refractivity contribution >= 4 is 12.1 Å². The maximum atomic E-state index is 10.8. The Bertz CT molecular complexity index is 390. The molecule has 0 aliphatic carbocycles. The van der Waals surface area contributed by atoms with Crippen LogP contribution in [0.2, 0.25) is 0 Å². The second-order valence-corrected chi connectivity index (χ2v) is 5.80. The van der Waals surface area contributed by atoms with Gasteiger partial charge in [0.1, 0.15) is 0 Å². The molecule has 1 amide bonds. The molecule has 0 heterocycles. The van der Waals surface area contributed by atoms with Gasteiger partial charge in [0.15, 0.2) is 0 Å². The van der Waals surface area contributed by atoms with Gasteiger partial charge in [-0.15, -0.1) is 0 Å². The first kappa shape index (κ1) is 14.7. The zero-order valence-electron chi connectivity index (χ0n) is 12.4. The summed E-state index contributed by atoms with van der Waals surface area (Å²) in [6, 6.07) is 4.46. The van der Waals surface area contributed by atoms with E-state index in [0.29, 0.717) is 17.8 Å². The maximum absolute atomic E-state index is 10.8. The summed E-state index contributed by atoms with van der Waals surface area (Å²) >= 11 is 0. The highest BCUT2D eigenvalue weighted by atomic mass is 16.1. The topological polar surface area (TPSA) is 29.1 Å². The number of nitrogens with one attached hydrogen (secondary N) is 1. The highest BCUT2D eigenvalue weighted by Gasteiger charge is 2.16. The molecule has 0 aliphatic rings. The van der Waals surface area contributed by atoms with E-state index in [1.807, 2.05) is 0 Å². The fourth-order valence-electron chi connectivity index (χ4n) is 2.18. The molecule has 0 radical (unpaired) electrons. The molecule has 1 aromatic rings. The van der Waals surface area contributed by atoms with Crippen LogP contribution in [0.5, 0.6) is 0 Å². The molecule has 18 heavy (non-hydrogen) atoms. The van der Waals surface area contributed by atoms with E-state index in [-0.39, 0.29) is 0 Å². The lowest BCUT2D eigenvalue weighted by molar-refractivity contribution is -0.105. The first-order valence-corrected chi connectivity index (χ1v) is 6.76. The zero-order chi connectivity index (χ0) is 13.9. The first-order chi connectivity index (χ1) is 8.38. The van der Waals surface area contributed by atoms with Crippen LogP contribution in [-0.2, 0) is 4.79 Å². The van der Waals surface area contributed by atoms with Crippen molar-refractivity contribution in [3.05, 3.63) is 28.8 Å². The Balaban J connectivity index is 3.49. The normalized spacial score (nSPS) is 11.4. The number of carbonyl (C=O) groups excluding carboxylic acids is 1. The largest absolute Gasteiger partial charge is 0.328 e. The van der Waals surface area contributed by atoms with Crippen molar-refractivity contribution in [3.63, 3.8) is 0 Å². The highest BCUT2D eigenvalue weighted by Crippen LogP contribution is 2.35. The Morgan fingerprint density at radius 1 is 0.889 bits per heavy atom. The van der Waals surface area contributed by atoms with Crippen LogP contribution < -0.4 is 5.32 Å². The second-order valence-electron chi connectivity index (χ2n) is 5.80. The molecule has 1 aromatic carbocycles. The van der Waals surface area contributed by atoms with E-state index in [1.54, 1.807) is 0 Å². The van der Waals surface area contributed by atoms with Gasteiger partial charge in [-0.1, -0.05) is 53.7 Å². The standard InChI is InChI=1S/C16H25NO/c1-10(2)13-7-14(11(3)4)16(17-9-18)15(8-13)12(5)6/h7-12H,1-6H3,(H,17,18). The third-order valence-corrected chi connectivity index (χ3v) is 3.34. The van der Waals surface area contributed by atoms with Crippen molar-refractivity contribution in [2.45, 2.75) is 59.3 Å². The summed E-state index contributed by atoms with van der Waals surface area (Å²) in [5, 5.41) is 2.89. The Kier molecular flexibility index (Phi) is 4.94. The summed E-state index contributed by atoms with van der Waals surface area (Å²) in [6.07, 6.45) is 0.780. The van der Waals surface area contributed by atoms with Crippen molar-refractivity contribution in [2.24, 2.45) is 0 Å². The number of carbonyl (C=O) groups is 1. The van der Waals surface area contributed by atoms with Crippen LogP contribution in [-0.4, -0.2) is 6.41 Å². The predicted octanol–water partition coefficient (Wildman–Crippen LogP) is 4.63. The van der Waals surface area contributed by atoms with E-state index >= 15 is 0 Å². The SMILES string of the molecule is CC(C)c1cc(C(C)C)c(NC=O)c(C(C)C)c1. The second kappa shape index (κ2) is 6.03. The van der Waals surface area contributed by atoms with Crippen LogP contribution in [0.25, 0.3) is 0 Å². The summed E-state index contributed by atoms with van der Waals surface area (Å²) in [4.78, 5) is 10.8. The summed E-state index contributed by atoms with van der Waals surface area (Å²) < 4.78 is 0. The van der Waals surface area contributed by atoms with Crippen LogP contribution in [0.4, 0.5) is 5.69 Å². The van der Waals surface area contributed by atoms with Crippen LogP contribution in [0.3, 0.4) is 0 Å². The van der Waals surface area contributed by atoms with Gasteiger partial charge in [0.05, 0.1) is 0 Å².